The minimum absolute atomic E-state index is 0.155. The van der Waals surface area contributed by atoms with Crippen LogP contribution in [-0.4, -0.2) is 22.1 Å². The molecular weight excluding hydrogens is 489 g/mol. The lowest BCUT2D eigenvalue weighted by Gasteiger charge is -2.24. The van der Waals surface area contributed by atoms with Crippen molar-refractivity contribution in [2.45, 2.75) is 80.3 Å². The summed E-state index contributed by atoms with van der Waals surface area (Å²) in [5, 5.41) is 4.58. The van der Waals surface area contributed by atoms with Gasteiger partial charge in [0.15, 0.2) is 5.76 Å². The van der Waals surface area contributed by atoms with E-state index in [1.807, 2.05) is 20.0 Å². The summed E-state index contributed by atoms with van der Waals surface area (Å²) in [5.41, 5.74) is 6.55. The van der Waals surface area contributed by atoms with Crippen LogP contribution in [0.3, 0.4) is 0 Å². The lowest BCUT2D eigenvalue weighted by molar-refractivity contribution is -0.185. The van der Waals surface area contributed by atoms with E-state index in [4.69, 9.17) is 0 Å². The predicted molar refractivity (Wildman–Crippen MR) is 147 cm³/mol. The van der Waals surface area contributed by atoms with Gasteiger partial charge in [-0.25, -0.2) is 0 Å². The average Bonchev–Trinajstić information content (AvgIpc) is 3.29. The molecule has 204 valence electrons. The molecule has 0 amide bonds. The van der Waals surface area contributed by atoms with Gasteiger partial charge in [0.05, 0.1) is 11.2 Å². The molecule has 4 rings (SSSR count). The fourth-order valence-electron chi connectivity index (χ4n) is 3.69. The molecule has 0 aliphatic carbocycles. The maximum Gasteiger partial charge on any atom is 0.401 e. The molecule has 2 aromatic carbocycles. The van der Waals surface area contributed by atoms with E-state index < -0.39 is 11.6 Å². The first-order chi connectivity index (χ1) is 17.7. The standard InChI is InChI=1S/C21H21NO.C8H10F3NO.C2H6/c1-13-7-19-11-20(12-22-21(19)9-14(13)2)18-6-5-17(10-16(4)23)15(3)8-18;1-5-4-6(13-12-5)7(2,3)8(9,10)11;1-2/h5-9,11-12H,10H2,1-4H3;4H,1-3H3;1-2H3. The molecule has 7 heteroatoms. The third-order valence-corrected chi connectivity index (χ3v) is 6.36. The Balaban J connectivity index is 0.000000288. The molecule has 0 saturated heterocycles. The van der Waals surface area contributed by atoms with E-state index in [0.717, 1.165) is 47.0 Å². The Hall–Kier alpha value is -3.48. The maximum atomic E-state index is 12.4. The summed E-state index contributed by atoms with van der Waals surface area (Å²) in [6.45, 7) is 15.6. The Labute approximate surface area is 223 Å². The van der Waals surface area contributed by atoms with Crippen molar-refractivity contribution in [1.82, 2.24) is 10.1 Å². The van der Waals surface area contributed by atoms with E-state index in [1.54, 1.807) is 13.8 Å². The first kappa shape index (κ1) is 30.7. The molecule has 0 aliphatic heterocycles. The smallest absolute Gasteiger partial charge is 0.360 e. The highest BCUT2D eigenvalue weighted by Crippen LogP contribution is 2.40. The van der Waals surface area contributed by atoms with Gasteiger partial charge in [-0.15, -0.1) is 0 Å². The number of hydrogen-bond donors (Lipinski definition) is 0. The summed E-state index contributed by atoms with van der Waals surface area (Å²) in [6.07, 6.45) is -1.89. The second-order valence-electron chi connectivity index (χ2n) is 9.83. The number of hydrogen-bond acceptors (Lipinski definition) is 4. The van der Waals surface area contributed by atoms with E-state index in [2.05, 4.69) is 71.8 Å². The number of benzene rings is 2. The molecule has 0 fully saturated rings. The summed E-state index contributed by atoms with van der Waals surface area (Å²) in [7, 11) is 0. The van der Waals surface area contributed by atoms with Gasteiger partial charge in [0.1, 0.15) is 11.2 Å². The van der Waals surface area contributed by atoms with Gasteiger partial charge in [0.25, 0.3) is 0 Å². The number of rotatable bonds is 4. The minimum Gasteiger partial charge on any atom is -0.360 e. The van der Waals surface area contributed by atoms with Crippen LogP contribution in [0.25, 0.3) is 22.0 Å². The number of halogens is 3. The van der Waals surface area contributed by atoms with E-state index in [0.29, 0.717) is 12.1 Å². The third kappa shape index (κ3) is 7.30. The number of nitrogens with zero attached hydrogens (tertiary/aromatic N) is 2. The van der Waals surface area contributed by atoms with Gasteiger partial charge >= 0.3 is 6.18 Å². The summed E-state index contributed by atoms with van der Waals surface area (Å²) in [4.78, 5) is 15.9. The normalized spacial score (nSPS) is 11.4. The highest BCUT2D eigenvalue weighted by Gasteiger charge is 2.51. The molecule has 2 heterocycles. The topological polar surface area (TPSA) is 56.0 Å². The monoisotopic (exact) mass is 526 g/mol. The number of ketones is 1. The van der Waals surface area contributed by atoms with Crippen LogP contribution in [0.4, 0.5) is 13.2 Å². The van der Waals surface area contributed by atoms with Crippen LogP contribution in [0.15, 0.2) is 53.2 Å². The van der Waals surface area contributed by atoms with Crippen LogP contribution in [-0.2, 0) is 16.6 Å². The van der Waals surface area contributed by atoms with Gasteiger partial charge in [-0.3, -0.25) is 9.78 Å². The number of carbonyl (C=O) groups excluding carboxylic acids is 1. The first-order valence-electron chi connectivity index (χ1n) is 12.7. The molecule has 4 nitrogen and oxygen atoms in total. The van der Waals surface area contributed by atoms with Crippen molar-refractivity contribution in [3.63, 3.8) is 0 Å². The quantitative estimate of drug-likeness (QED) is 0.267. The summed E-state index contributed by atoms with van der Waals surface area (Å²) in [6, 6.07) is 14.1. The summed E-state index contributed by atoms with van der Waals surface area (Å²) >= 11 is 0. The Kier molecular flexibility index (Phi) is 10.0. The Morgan fingerprint density at radius 1 is 0.868 bits per heavy atom. The highest BCUT2D eigenvalue weighted by atomic mass is 19.4. The molecule has 0 saturated carbocycles. The van der Waals surface area contributed by atoms with Crippen molar-refractivity contribution in [3.05, 3.63) is 82.4 Å². The number of Topliss-reactive ketones (excluding diaryl/α,β-unsaturated/α-hetero) is 1. The van der Waals surface area contributed by atoms with Crippen molar-refractivity contribution in [1.29, 1.82) is 0 Å². The molecule has 0 N–H and O–H groups in total. The number of fused-ring (bicyclic) bond motifs is 1. The van der Waals surface area contributed by atoms with Crippen molar-refractivity contribution in [2.24, 2.45) is 0 Å². The molecule has 2 aromatic heterocycles. The molecular formula is C31H37F3N2O2. The SMILES string of the molecule is CC.CC(=O)Cc1ccc(-c2cnc3cc(C)c(C)cc3c2)cc1C.Cc1cc(C(C)(C)C(F)(F)F)on1. The van der Waals surface area contributed by atoms with Crippen LogP contribution in [0, 0.1) is 27.7 Å². The minimum atomic E-state index is -4.32. The molecule has 38 heavy (non-hydrogen) atoms. The van der Waals surface area contributed by atoms with E-state index in [1.165, 1.54) is 17.2 Å². The molecule has 0 bridgehead atoms. The van der Waals surface area contributed by atoms with E-state index in [-0.39, 0.29) is 11.5 Å². The molecule has 0 radical (unpaired) electrons. The number of aromatic nitrogens is 2. The predicted octanol–water partition coefficient (Wildman–Crippen LogP) is 8.81. The van der Waals surface area contributed by atoms with Crippen LogP contribution in [0.2, 0.25) is 0 Å². The van der Waals surface area contributed by atoms with Crippen molar-refractivity contribution in [2.75, 3.05) is 0 Å². The summed E-state index contributed by atoms with van der Waals surface area (Å²) in [5.74, 6) is 0.0385. The Morgan fingerprint density at radius 3 is 2.03 bits per heavy atom. The number of aryl methyl sites for hydroxylation is 4. The zero-order valence-corrected chi connectivity index (χ0v) is 23.7. The lowest BCUT2D eigenvalue weighted by Crippen LogP contribution is -2.35. The molecule has 0 atom stereocenters. The van der Waals surface area contributed by atoms with Gasteiger partial charge in [0, 0.05) is 29.6 Å². The van der Waals surface area contributed by atoms with Crippen LogP contribution in [0.1, 0.15) is 68.3 Å². The van der Waals surface area contributed by atoms with E-state index in [9.17, 15) is 18.0 Å². The van der Waals surface area contributed by atoms with Gasteiger partial charge in [-0.05, 0) is 94.5 Å². The maximum absolute atomic E-state index is 12.4. The second kappa shape index (κ2) is 12.4. The van der Waals surface area contributed by atoms with Crippen molar-refractivity contribution < 1.29 is 22.5 Å². The highest BCUT2D eigenvalue weighted by molar-refractivity contribution is 5.85. The van der Waals surface area contributed by atoms with Crippen molar-refractivity contribution in [3.8, 4) is 11.1 Å². The zero-order valence-electron chi connectivity index (χ0n) is 23.7. The number of carbonyl (C=O) groups is 1. The van der Waals surface area contributed by atoms with Gasteiger partial charge in [-0.2, -0.15) is 13.2 Å². The summed E-state index contributed by atoms with van der Waals surface area (Å²) < 4.78 is 41.9. The largest absolute Gasteiger partial charge is 0.401 e. The van der Waals surface area contributed by atoms with Crippen LogP contribution in [0.5, 0.6) is 0 Å². The number of pyridine rings is 1. The molecule has 0 spiro atoms. The van der Waals surface area contributed by atoms with E-state index >= 15 is 0 Å². The Morgan fingerprint density at radius 2 is 1.50 bits per heavy atom. The Bertz CT molecular complexity index is 1400. The lowest BCUT2D eigenvalue weighted by atomic mass is 9.89. The third-order valence-electron chi connectivity index (χ3n) is 6.36. The molecule has 0 unspecified atom stereocenters. The fraction of sp³-hybridized carbons (Fsp3) is 0.387. The van der Waals surface area contributed by atoms with Gasteiger partial charge in [-0.1, -0.05) is 37.2 Å². The first-order valence-corrected chi connectivity index (χ1v) is 12.7. The average molecular weight is 527 g/mol. The second-order valence-corrected chi connectivity index (χ2v) is 9.83. The van der Waals surface area contributed by atoms with Crippen LogP contribution < -0.4 is 0 Å². The van der Waals surface area contributed by atoms with Crippen molar-refractivity contribution >= 4 is 16.7 Å². The number of alkyl halides is 3. The molecule has 0 aliphatic rings. The fourth-order valence-corrected chi connectivity index (χ4v) is 3.69. The van der Waals surface area contributed by atoms with Gasteiger partial charge < -0.3 is 4.52 Å². The van der Waals surface area contributed by atoms with Gasteiger partial charge in [0.2, 0.25) is 0 Å². The van der Waals surface area contributed by atoms with Crippen LogP contribution >= 0.6 is 0 Å². The zero-order chi connectivity index (χ0) is 28.8. The molecule has 4 aromatic rings.